The molecule has 5 nitrogen and oxygen atoms in total. The minimum atomic E-state index is -4.12. The van der Waals surface area contributed by atoms with Gasteiger partial charge in [-0.1, -0.05) is 0 Å². The molecule has 0 spiro atoms. The number of hydrogen-bond donors (Lipinski definition) is 2. The largest absolute Gasteiger partial charge is 0.401 e. The Balaban J connectivity index is 0.00000312. The summed E-state index contributed by atoms with van der Waals surface area (Å²) in [6.45, 7) is 3.48. The van der Waals surface area contributed by atoms with Crippen LogP contribution in [-0.2, 0) is 6.42 Å². The molecule has 0 aliphatic carbocycles. The number of aryl methyl sites for hydroxylation is 1. The molecule has 1 aromatic rings. The molecular weight excluding hydrogens is 466 g/mol. The SMILES string of the molecule is CN=C(NCCc1csc(C)n1)NCC1CCN(CC(F)(F)F)C1.I. The molecule has 1 aromatic heterocycles. The van der Waals surface area contributed by atoms with Gasteiger partial charge in [0.15, 0.2) is 5.96 Å². The Labute approximate surface area is 167 Å². The van der Waals surface area contributed by atoms with Crippen LogP contribution in [-0.4, -0.2) is 61.8 Å². The van der Waals surface area contributed by atoms with Gasteiger partial charge in [0.2, 0.25) is 0 Å². The van der Waals surface area contributed by atoms with Crippen molar-refractivity contribution in [3.05, 3.63) is 16.1 Å². The maximum Gasteiger partial charge on any atom is 0.401 e. The molecule has 1 fully saturated rings. The summed E-state index contributed by atoms with van der Waals surface area (Å²) in [5.41, 5.74) is 1.05. The minimum Gasteiger partial charge on any atom is -0.356 e. The van der Waals surface area contributed by atoms with Crippen molar-refractivity contribution in [1.82, 2.24) is 20.5 Å². The highest BCUT2D eigenvalue weighted by Crippen LogP contribution is 2.22. The van der Waals surface area contributed by atoms with E-state index in [4.69, 9.17) is 0 Å². The third-order valence-corrected chi connectivity index (χ3v) is 4.72. The lowest BCUT2D eigenvalue weighted by Crippen LogP contribution is -2.41. The monoisotopic (exact) mass is 491 g/mol. The number of thiazole rings is 1. The Morgan fingerprint density at radius 3 is 2.80 bits per heavy atom. The van der Waals surface area contributed by atoms with Crippen molar-refractivity contribution in [2.75, 3.05) is 39.8 Å². The molecule has 0 bridgehead atoms. The lowest BCUT2D eigenvalue weighted by Gasteiger charge is -2.18. The molecule has 2 heterocycles. The molecule has 1 saturated heterocycles. The highest BCUT2D eigenvalue weighted by atomic mass is 127. The van der Waals surface area contributed by atoms with Gasteiger partial charge < -0.3 is 10.6 Å². The van der Waals surface area contributed by atoms with Crippen molar-refractivity contribution >= 4 is 41.3 Å². The average molecular weight is 491 g/mol. The van der Waals surface area contributed by atoms with Crippen LogP contribution in [0.15, 0.2) is 10.4 Å². The highest BCUT2D eigenvalue weighted by Gasteiger charge is 2.34. The molecule has 0 aromatic carbocycles. The van der Waals surface area contributed by atoms with Gasteiger partial charge in [0.25, 0.3) is 0 Å². The molecule has 1 unspecified atom stereocenters. The van der Waals surface area contributed by atoms with E-state index in [9.17, 15) is 13.2 Å². The molecule has 1 atom stereocenters. The summed E-state index contributed by atoms with van der Waals surface area (Å²) < 4.78 is 37.2. The van der Waals surface area contributed by atoms with E-state index in [0.29, 0.717) is 32.1 Å². The molecule has 2 rings (SSSR count). The second-order valence-electron chi connectivity index (χ2n) is 5.99. The van der Waals surface area contributed by atoms with Crippen molar-refractivity contribution in [2.24, 2.45) is 10.9 Å². The Hall–Kier alpha value is -0.620. The van der Waals surface area contributed by atoms with Crippen molar-refractivity contribution in [3.63, 3.8) is 0 Å². The van der Waals surface area contributed by atoms with E-state index >= 15 is 0 Å². The minimum absolute atomic E-state index is 0. The number of likely N-dealkylation sites (tertiary alicyclic amines) is 1. The smallest absolute Gasteiger partial charge is 0.356 e. The molecule has 0 radical (unpaired) electrons. The number of hydrogen-bond acceptors (Lipinski definition) is 4. The molecule has 1 aliphatic rings. The zero-order valence-electron chi connectivity index (χ0n) is 14.4. The maximum absolute atomic E-state index is 12.4. The first-order chi connectivity index (χ1) is 11.4. The Kier molecular flexibility index (Phi) is 9.43. The van der Waals surface area contributed by atoms with Gasteiger partial charge in [0.05, 0.1) is 17.2 Å². The van der Waals surface area contributed by atoms with Crippen LogP contribution in [0.25, 0.3) is 0 Å². The third kappa shape index (κ3) is 8.54. The molecule has 144 valence electrons. The van der Waals surface area contributed by atoms with E-state index in [1.165, 1.54) is 4.90 Å². The zero-order valence-corrected chi connectivity index (χ0v) is 17.5. The fourth-order valence-electron chi connectivity index (χ4n) is 2.77. The number of nitrogens with one attached hydrogen (secondary N) is 2. The third-order valence-electron chi connectivity index (χ3n) is 3.89. The van der Waals surface area contributed by atoms with Crippen molar-refractivity contribution < 1.29 is 13.2 Å². The summed E-state index contributed by atoms with van der Waals surface area (Å²) in [6.07, 6.45) is -2.53. The number of nitrogens with zero attached hydrogens (tertiary/aromatic N) is 3. The van der Waals surface area contributed by atoms with Crippen LogP contribution in [0.2, 0.25) is 0 Å². The van der Waals surface area contributed by atoms with Crippen LogP contribution in [0.4, 0.5) is 13.2 Å². The van der Waals surface area contributed by atoms with E-state index in [2.05, 4.69) is 20.6 Å². The van der Waals surface area contributed by atoms with Gasteiger partial charge in [-0.3, -0.25) is 9.89 Å². The lowest BCUT2D eigenvalue weighted by atomic mass is 10.1. The lowest BCUT2D eigenvalue weighted by molar-refractivity contribution is -0.143. The summed E-state index contributed by atoms with van der Waals surface area (Å²) >= 11 is 1.63. The molecule has 1 aliphatic heterocycles. The van der Waals surface area contributed by atoms with Gasteiger partial charge in [-0.25, -0.2) is 4.98 Å². The molecule has 0 saturated carbocycles. The normalized spacial score (nSPS) is 18.9. The number of guanidine groups is 1. The van der Waals surface area contributed by atoms with Crippen LogP contribution in [0.1, 0.15) is 17.1 Å². The van der Waals surface area contributed by atoms with Gasteiger partial charge in [0, 0.05) is 38.5 Å². The summed E-state index contributed by atoms with van der Waals surface area (Å²) in [6, 6.07) is 0. The predicted molar refractivity (Wildman–Crippen MR) is 106 cm³/mol. The Morgan fingerprint density at radius 2 is 2.20 bits per heavy atom. The quantitative estimate of drug-likeness (QED) is 0.365. The number of halogens is 4. The average Bonchev–Trinajstić information content (AvgIpc) is 3.10. The first kappa shape index (κ1) is 22.4. The molecular formula is C15H25F3IN5S. The van der Waals surface area contributed by atoms with E-state index in [0.717, 1.165) is 23.5 Å². The van der Waals surface area contributed by atoms with Crippen molar-refractivity contribution in [3.8, 4) is 0 Å². The van der Waals surface area contributed by atoms with Crippen LogP contribution < -0.4 is 10.6 Å². The number of aliphatic imine (C=N–C) groups is 1. The number of alkyl halides is 3. The van der Waals surface area contributed by atoms with Crippen molar-refractivity contribution in [1.29, 1.82) is 0 Å². The summed E-state index contributed by atoms with van der Waals surface area (Å²) in [7, 11) is 1.69. The van der Waals surface area contributed by atoms with Gasteiger partial charge in [-0.2, -0.15) is 13.2 Å². The number of aromatic nitrogens is 1. The van der Waals surface area contributed by atoms with Gasteiger partial charge >= 0.3 is 6.18 Å². The van der Waals surface area contributed by atoms with Gasteiger partial charge in [-0.15, -0.1) is 35.3 Å². The Morgan fingerprint density at radius 1 is 1.44 bits per heavy atom. The predicted octanol–water partition coefficient (Wildman–Crippen LogP) is 2.66. The summed E-state index contributed by atoms with van der Waals surface area (Å²) in [4.78, 5) is 10.0. The zero-order chi connectivity index (χ0) is 17.6. The summed E-state index contributed by atoms with van der Waals surface area (Å²) in [5, 5.41) is 9.51. The summed E-state index contributed by atoms with van der Waals surface area (Å²) in [5.74, 6) is 0.892. The second kappa shape index (κ2) is 10.5. The van der Waals surface area contributed by atoms with Crippen LogP contribution >= 0.6 is 35.3 Å². The fourth-order valence-corrected chi connectivity index (χ4v) is 3.42. The highest BCUT2D eigenvalue weighted by molar-refractivity contribution is 14.0. The second-order valence-corrected chi connectivity index (χ2v) is 7.05. The molecule has 10 heteroatoms. The van der Waals surface area contributed by atoms with E-state index in [1.54, 1.807) is 18.4 Å². The standard InChI is InChI=1S/C15H24F3N5S.HI/c1-11-22-13(9-24-11)3-5-20-14(19-2)21-7-12-4-6-23(8-12)10-15(16,17)18;/h9,12H,3-8,10H2,1-2H3,(H2,19,20,21);1H. The van der Waals surface area contributed by atoms with E-state index < -0.39 is 12.7 Å². The van der Waals surface area contributed by atoms with Crippen LogP contribution in [0.3, 0.4) is 0 Å². The van der Waals surface area contributed by atoms with E-state index in [1.807, 2.05) is 12.3 Å². The van der Waals surface area contributed by atoms with E-state index in [-0.39, 0.29) is 29.9 Å². The van der Waals surface area contributed by atoms with Gasteiger partial charge in [-0.05, 0) is 25.8 Å². The van der Waals surface area contributed by atoms with Crippen molar-refractivity contribution in [2.45, 2.75) is 25.9 Å². The molecule has 25 heavy (non-hydrogen) atoms. The van der Waals surface area contributed by atoms with Crippen LogP contribution in [0, 0.1) is 12.8 Å². The van der Waals surface area contributed by atoms with Crippen LogP contribution in [0.5, 0.6) is 0 Å². The number of rotatable bonds is 6. The molecule has 2 N–H and O–H groups in total. The first-order valence-corrected chi connectivity index (χ1v) is 8.88. The fraction of sp³-hybridized carbons (Fsp3) is 0.733. The Bertz CT molecular complexity index is 550. The molecule has 0 amide bonds. The topological polar surface area (TPSA) is 52.6 Å². The van der Waals surface area contributed by atoms with Gasteiger partial charge in [0.1, 0.15) is 0 Å². The first-order valence-electron chi connectivity index (χ1n) is 8.00. The maximum atomic E-state index is 12.4.